The van der Waals surface area contributed by atoms with Crippen molar-refractivity contribution in [1.29, 1.82) is 0 Å². The van der Waals surface area contributed by atoms with Gasteiger partial charge in [0.1, 0.15) is 16.2 Å². The van der Waals surface area contributed by atoms with E-state index >= 15 is 0 Å². The van der Waals surface area contributed by atoms with Crippen LogP contribution in [0.2, 0.25) is 0 Å². The lowest BCUT2D eigenvalue weighted by molar-refractivity contribution is 0.242. The van der Waals surface area contributed by atoms with Gasteiger partial charge in [-0.3, -0.25) is 0 Å². The molecule has 1 aromatic heterocycles. The maximum absolute atomic E-state index is 4.90. The quantitative estimate of drug-likeness (QED) is 0.755. The van der Waals surface area contributed by atoms with Crippen LogP contribution in [-0.2, 0) is 0 Å². The molecule has 0 amide bonds. The summed E-state index contributed by atoms with van der Waals surface area (Å²) in [6.07, 6.45) is 10.9. The van der Waals surface area contributed by atoms with E-state index in [1.807, 2.05) is 0 Å². The number of hydrogen-bond acceptors (Lipinski definition) is 3. The van der Waals surface area contributed by atoms with Gasteiger partial charge < -0.3 is 4.90 Å². The molecule has 2 atom stereocenters. The Bertz CT molecular complexity index is 498. The summed E-state index contributed by atoms with van der Waals surface area (Å²) in [7, 11) is 0. The Morgan fingerprint density at radius 2 is 1.80 bits per heavy atom. The van der Waals surface area contributed by atoms with Gasteiger partial charge >= 0.3 is 0 Å². The molecule has 0 unspecified atom stereocenters. The molecule has 1 aromatic rings. The Balaban J connectivity index is 1.64. The first-order chi connectivity index (χ1) is 9.81. The Morgan fingerprint density at radius 3 is 2.65 bits per heavy atom. The van der Waals surface area contributed by atoms with E-state index in [0.717, 1.165) is 22.4 Å². The zero-order valence-electron chi connectivity index (χ0n) is 11.9. The highest BCUT2D eigenvalue weighted by Crippen LogP contribution is 2.41. The van der Waals surface area contributed by atoms with Crippen LogP contribution in [0.3, 0.4) is 0 Å². The van der Waals surface area contributed by atoms with Crippen LogP contribution >= 0.6 is 15.9 Å². The van der Waals surface area contributed by atoms with Gasteiger partial charge in [-0.05, 0) is 60.4 Å². The minimum atomic E-state index is 0.623. The van der Waals surface area contributed by atoms with Crippen molar-refractivity contribution in [3.63, 3.8) is 0 Å². The van der Waals surface area contributed by atoms with Crippen LogP contribution < -0.4 is 4.90 Å². The molecule has 1 aliphatic heterocycles. The number of hydrogen-bond donors (Lipinski definition) is 0. The average molecular weight is 336 g/mol. The molecular weight excluding hydrogens is 314 g/mol. The minimum Gasteiger partial charge on any atom is -0.353 e. The van der Waals surface area contributed by atoms with Crippen molar-refractivity contribution in [3.05, 3.63) is 16.5 Å². The Hall–Kier alpha value is -0.640. The van der Waals surface area contributed by atoms with Gasteiger partial charge in [0.25, 0.3) is 0 Å². The lowest BCUT2D eigenvalue weighted by Gasteiger charge is -2.44. The van der Waals surface area contributed by atoms with Gasteiger partial charge in [-0.25, -0.2) is 9.97 Å². The third-order valence-corrected chi connectivity index (χ3v) is 5.58. The van der Waals surface area contributed by atoms with E-state index in [2.05, 4.69) is 31.9 Å². The smallest absolute Gasteiger partial charge is 0.135 e. The Labute approximate surface area is 129 Å². The molecule has 0 aromatic carbocycles. The lowest BCUT2D eigenvalue weighted by atomic mass is 9.78. The number of fused-ring (bicyclic) bond motifs is 1. The van der Waals surface area contributed by atoms with Gasteiger partial charge in [-0.1, -0.05) is 12.8 Å². The molecule has 0 bridgehead atoms. The predicted molar refractivity (Wildman–Crippen MR) is 84.0 cm³/mol. The summed E-state index contributed by atoms with van der Waals surface area (Å²) in [6, 6.07) is 2.86. The molecule has 0 N–H and O–H groups in total. The van der Waals surface area contributed by atoms with E-state index in [9.17, 15) is 0 Å². The average Bonchev–Trinajstić information content (AvgIpc) is 3.30. The number of anilines is 1. The fourth-order valence-corrected chi connectivity index (χ4v) is 4.39. The van der Waals surface area contributed by atoms with Crippen LogP contribution in [0.5, 0.6) is 0 Å². The highest BCUT2D eigenvalue weighted by atomic mass is 79.9. The van der Waals surface area contributed by atoms with Gasteiger partial charge in [-0.15, -0.1) is 0 Å². The van der Waals surface area contributed by atoms with Gasteiger partial charge in [0.2, 0.25) is 0 Å². The Morgan fingerprint density at radius 1 is 1.00 bits per heavy atom. The molecule has 4 heteroatoms. The zero-order valence-corrected chi connectivity index (χ0v) is 13.5. The summed E-state index contributed by atoms with van der Waals surface area (Å²) in [4.78, 5) is 12.1. The number of piperidine rings is 1. The van der Waals surface area contributed by atoms with Crippen LogP contribution in [-0.4, -0.2) is 22.6 Å². The molecule has 2 heterocycles. The topological polar surface area (TPSA) is 29.0 Å². The van der Waals surface area contributed by atoms with Crippen LogP contribution in [0.4, 0.5) is 5.82 Å². The molecule has 2 aliphatic carbocycles. The standard InChI is InChI=1S/C16H22BrN3/c17-14-10-15(19-16(18-14)12-7-8-12)20-9-3-5-11-4-1-2-6-13(11)20/h10-13H,1-9H2/t11-,13-/m1/s1. The number of halogens is 1. The zero-order chi connectivity index (χ0) is 13.5. The molecule has 4 rings (SSSR count). The molecule has 0 radical (unpaired) electrons. The van der Waals surface area contributed by atoms with Crippen LogP contribution in [0.15, 0.2) is 10.7 Å². The van der Waals surface area contributed by atoms with Crippen molar-refractivity contribution in [1.82, 2.24) is 9.97 Å². The first-order valence-electron chi connectivity index (χ1n) is 8.12. The van der Waals surface area contributed by atoms with Crippen molar-refractivity contribution in [2.24, 2.45) is 5.92 Å². The van der Waals surface area contributed by atoms with E-state index < -0.39 is 0 Å². The summed E-state index contributed by atoms with van der Waals surface area (Å²) in [5.41, 5.74) is 0. The third-order valence-electron chi connectivity index (χ3n) is 5.18. The first kappa shape index (κ1) is 13.1. The summed E-state index contributed by atoms with van der Waals surface area (Å²) < 4.78 is 0.960. The molecule has 108 valence electrons. The normalized spacial score (nSPS) is 30.1. The van der Waals surface area contributed by atoms with Gasteiger partial charge in [-0.2, -0.15) is 0 Å². The number of nitrogens with zero attached hydrogens (tertiary/aromatic N) is 3. The first-order valence-corrected chi connectivity index (χ1v) is 8.92. The summed E-state index contributed by atoms with van der Waals surface area (Å²) in [5.74, 6) is 3.76. The highest BCUT2D eigenvalue weighted by molar-refractivity contribution is 9.10. The van der Waals surface area contributed by atoms with Crippen molar-refractivity contribution in [2.45, 2.75) is 63.3 Å². The molecule has 1 saturated heterocycles. The van der Waals surface area contributed by atoms with E-state index in [-0.39, 0.29) is 0 Å². The van der Waals surface area contributed by atoms with Crippen molar-refractivity contribution in [2.75, 3.05) is 11.4 Å². The highest BCUT2D eigenvalue weighted by Gasteiger charge is 2.35. The minimum absolute atomic E-state index is 0.623. The molecular formula is C16H22BrN3. The second kappa shape index (κ2) is 5.28. The van der Waals surface area contributed by atoms with Gasteiger partial charge in [0.05, 0.1) is 0 Å². The van der Waals surface area contributed by atoms with E-state index in [4.69, 9.17) is 4.98 Å². The van der Waals surface area contributed by atoms with Gasteiger partial charge in [0.15, 0.2) is 0 Å². The van der Waals surface area contributed by atoms with Crippen molar-refractivity contribution < 1.29 is 0 Å². The van der Waals surface area contributed by atoms with E-state index in [1.165, 1.54) is 63.7 Å². The Kier molecular flexibility index (Phi) is 3.45. The monoisotopic (exact) mass is 335 g/mol. The molecule has 20 heavy (non-hydrogen) atoms. The van der Waals surface area contributed by atoms with Crippen LogP contribution in [0, 0.1) is 5.92 Å². The van der Waals surface area contributed by atoms with Crippen molar-refractivity contribution >= 4 is 21.7 Å². The maximum Gasteiger partial charge on any atom is 0.135 e. The van der Waals surface area contributed by atoms with Crippen LogP contribution in [0.1, 0.15) is 63.1 Å². The maximum atomic E-state index is 4.90. The lowest BCUT2D eigenvalue weighted by Crippen LogP contribution is -2.47. The van der Waals surface area contributed by atoms with Crippen molar-refractivity contribution in [3.8, 4) is 0 Å². The SMILES string of the molecule is Brc1cc(N2CCC[C@H]3CCCC[C@H]32)nc(C2CC2)n1. The number of aromatic nitrogens is 2. The molecule has 2 saturated carbocycles. The molecule has 3 aliphatic rings. The van der Waals surface area contributed by atoms with E-state index in [1.54, 1.807) is 0 Å². The molecule has 0 spiro atoms. The van der Waals surface area contributed by atoms with Gasteiger partial charge in [0, 0.05) is 24.6 Å². The summed E-state index contributed by atoms with van der Waals surface area (Å²) >= 11 is 3.59. The molecule has 3 fully saturated rings. The third kappa shape index (κ3) is 2.47. The fourth-order valence-electron chi connectivity index (χ4n) is 4.00. The second-order valence-electron chi connectivity index (χ2n) is 6.63. The summed E-state index contributed by atoms with van der Waals surface area (Å²) in [5, 5.41) is 0. The van der Waals surface area contributed by atoms with Crippen LogP contribution in [0.25, 0.3) is 0 Å². The number of rotatable bonds is 2. The summed E-state index contributed by atoms with van der Waals surface area (Å²) in [6.45, 7) is 1.18. The van der Waals surface area contributed by atoms with E-state index in [0.29, 0.717) is 5.92 Å². The predicted octanol–water partition coefficient (Wildman–Crippen LogP) is 4.28. The second-order valence-corrected chi connectivity index (χ2v) is 7.44. The molecule has 3 nitrogen and oxygen atoms in total. The largest absolute Gasteiger partial charge is 0.353 e. The fraction of sp³-hybridized carbons (Fsp3) is 0.750.